The van der Waals surface area contributed by atoms with Crippen LogP contribution in [0.5, 0.6) is 0 Å². The highest BCUT2D eigenvalue weighted by atomic mass is 32.3. The Morgan fingerprint density at radius 1 is 0.778 bits per heavy atom. The highest BCUT2D eigenvalue weighted by Gasteiger charge is 2.21. The van der Waals surface area contributed by atoms with Crippen LogP contribution < -0.4 is 0 Å². The molecule has 2 aromatic carbocycles. The van der Waals surface area contributed by atoms with Crippen LogP contribution in [0.3, 0.4) is 0 Å². The SMILES string of the molecule is Cc1cc(C)c(S(C)(C)c2ccccc2)c(C)c1. The van der Waals surface area contributed by atoms with Gasteiger partial charge in [-0.05, 0) is 66.3 Å². The monoisotopic (exact) mass is 258 g/mol. The van der Waals surface area contributed by atoms with Gasteiger partial charge in [-0.2, -0.15) is 10.0 Å². The van der Waals surface area contributed by atoms with E-state index in [1.807, 2.05) is 0 Å². The molecule has 0 aliphatic rings. The van der Waals surface area contributed by atoms with E-state index in [-0.39, 0.29) is 0 Å². The second kappa shape index (κ2) is 4.81. The molecule has 0 saturated carbocycles. The van der Waals surface area contributed by atoms with Crippen molar-refractivity contribution < 1.29 is 0 Å². The third kappa shape index (κ3) is 2.32. The molecule has 96 valence electrons. The molecule has 0 aromatic heterocycles. The predicted molar refractivity (Wildman–Crippen MR) is 83.1 cm³/mol. The number of rotatable bonds is 2. The maximum Gasteiger partial charge on any atom is -0.000516 e. The number of benzene rings is 2. The van der Waals surface area contributed by atoms with Gasteiger partial charge in [-0.25, -0.2) is 0 Å². The second-order valence-electron chi connectivity index (χ2n) is 5.37. The molecular weight excluding hydrogens is 236 g/mol. The fourth-order valence-electron chi connectivity index (χ4n) is 2.85. The van der Waals surface area contributed by atoms with Crippen LogP contribution in [0.15, 0.2) is 52.3 Å². The van der Waals surface area contributed by atoms with Crippen LogP contribution in [0.25, 0.3) is 0 Å². The van der Waals surface area contributed by atoms with Crippen molar-refractivity contribution in [3.05, 3.63) is 59.2 Å². The van der Waals surface area contributed by atoms with Crippen molar-refractivity contribution in [2.45, 2.75) is 30.6 Å². The molecule has 0 N–H and O–H groups in total. The fraction of sp³-hybridized carbons (Fsp3) is 0.294. The first-order valence-electron chi connectivity index (χ1n) is 6.29. The highest BCUT2D eigenvalue weighted by Crippen LogP contribution is 2.58. The topological polar surface area (TPSA) is 0 Å². The Hall–Kier alpha value is -1.21. The van der Waals surface area contributed by atoms with Crippen molar-refractivity contribution in [3.63, 3.8) is 0 Å². The van der Waals surface area contributed by atoms with E-state index in [0.717, 1.165) is 0 Å². The van der Waals surface area contributed by atoms with Gasteiger partial charge in [-0.3, -0.25) is 0 Å². The lowest BCUT2D eigenvalue weighted by Gasteiger charge is -2.35. The van der Waals surface area contributed by atoms with E-state index < -0.39 is 10.0 Å². The van der Waals surface area contributed by atoms with Crippen LogP contribution in [0.4, 0.5) is 0 Å². The van der Waals surface area contributed by atoms with Gasteiger partial charge in [0.05, 0.1) is 0 Å². The van der Waals surface area contributed by atoms with Crippen LogP contribution in [-0.4, -0.2) is 12.5 Å². The Balaban J connectivity index is 2.61. The van der Waals surface area contributed by atoms with Gasteiger partial charge in [0.2, 0.25) is 0 Å². The molecule has 0 saturated heterocycles. The first-order chi connectivity index (χ1) is 8.43. The van der Waals surface area contributed by atoms with Crippen LogP contribution >= 0.6 is 10.0 Å². The Morgan fingerprint density at radius 3 is 1.78 bits per heavy atom. The molecule has 0 bridgehead atoms. The summed E-state index contributed by atoms with van der Waals surface area (Å²) in [5.74, 6) is 0. The quantitative estimate of drug-likeness (QED) is 0.703. The maximum atomic E-state index is 2.40. The lowest BCUT2D eigenvalue weighted by atomic mass is 10.1. The molecule has 2 aromatic rings. The minimum atomic E-state index is -0.917. The van der Waals surface area contributed by atoms with Crippen LogP contribution in [0, 0.1) is 20.8 Å². The zero-order chi connectivity index (χ0) is 13.3. The van der Waals surface area contributed by atoms with Gasteiger partial charge in [-0.15, -0.1) is 0 Å². The number of hydrogen-bond acceptors (Lipinski definition) is 0. The normalized spacial score (nSPS) is 12.5. The molecule has 0 fully saturated rings. The van der Waals surface area contributed by atoms with Crippen molar-refractivity contribution in [2.24, 2.45) is 0 Å². The third-order valence-corrected chi connectivity index (χ3v) is 6.56. The summed E-state index contributed by atoms with van der Waals surface area (Å²) in [7, 11) is -0.917. The summed E-state index contributed by atoms with van der Waals surface area (Å²) < 4.78 is 0. The van der Waals surface area contributed by atoms with E-state index >= 15 is 0 Å². The Kier molecular flexibility index (Phi) is 3.54. The Morgan fingerprint density at radius 2 is 1.28 bits per heavy atom. The molecule has 2 rings (SSSR count). The molecule has 0 atom stereocenters. The molecular formula is C17H22S. The van der Waals surface area contributed by atoms with Crippen molar-refractivity contribution in [1.29, 1.82) is 0 Å². The van der Waals surface area contributed by atoms with Gasteiger partial charge in [0.15, 0.2) is 0 Å². The largest absolute Gasteiger partial charge is 0.193 e. The third-order valence-electron chi connectivity index (χ3n) is 3.45. The van der Waals surface area contributed by atoms with Crippen molar-refractivity contribution in [2.75, 3.05) is 12.5 Å². The average molecular weight is 258 g/mol. The molecule has 0 nitrogen and oxygen atoms in total. The molecule has 0 spiro atoms. The molecule has 18 heavy (non-hydrogen) atoms. The summed E-state index contributed by atoms with van der Waals surface area (Å²) in [5, 5.41) is 0. The van der Waals surface area contributed by atoms with E-state index in [0.29, 0.717) is 0 Å². The molecule has 0 aliphatic heterocycles. The predicted octanol–water partition coefficient (Wildman–Crippen LogP) is 5.09. The van der Waals surface area contributed by atoms with Gasteiger partial charge >= 0.3 is 0 Å². The zero-order valence-electron chi connectivity index (χ0n) is 11.9. The molecule has 0 radical (unpaired) electrons. The zero-order valence-corrected chi connectivity index (χ0v) is 12.8. The van der Waals surface area contributed by atoms with Gasteiger partial charge < -0.3 is 0 Å². The highest BCUT2D eigenvalue weighted by molar-refractivity contribution is 8.32. The van der Waals surface area contributed by atoms with Crippen molar-refractivity contribution >= 4 is 10.0 Å². The lowest BCUT2D eigenvalue weighted by molar-refractivity contribution is 1.17. The molecule has 0 unspecified atom stereocenters. The number of hydrogen-bond donors (Lipinski definition) is 0. The summed E-state index contributed by atoms with van der Waals surface area (Å²) >= 11 is 0. The Labute approximate surface area is 112 Å². The van der Waals surface area contributed by atoms with Crippen LogP contribution in [0.2, 0.25) is 0 Å². The van der Waals surface area contributed by atoms with E-state index in [2.05, 4.69) is 75.7 Å². The maximum absolute atomic E-state index is 2.40. The van der Waals surface area contributed by atoms with Gasteiger partial charge in [0.1, 0.15) is 0 Å². The standard InChI is InChI=1S/C17H22S/c1-13-11-14(2)17(15(3)12-13)18(4,5)16-9-7-6-8-10-16/h6-12H,1-5H3. The summed E-state index contributed by atoms with van der Waals surface area (Å²) in [6, 6.07) is 15.5. The van der Waals surface area contributed by atoms with Crippen LogP contribution in [0.1, 0.15) is 16.7 Å². The lowest BCUT2D eigenvalue weighted by Crippen LogP contribution is -2.03. The minimum Gasteiger partial charge on any atom is -0.193 e. The Bertz CT molecular complexity index is 530. The van der Waals surface area contributed by atoms with Crippen molar-refractivity contribution in [3.8, 4) is 0 Å². The van der Waals surface area contributed by atoms with Gasteiger partial charge in [0.25, 0.3) is 0 Å². The molecule has 0 amide bonds. The fourth-order valence-corrected chi connectivity index (χ4v) is 5.65. The first-order valence-corrected chi connectivity index (χ1v) is 8.74. The molecule has 1 heteroatoms. The van der Waals surface area contributed by atoms with Gasteiger partial charge in [0, 0.05) is 0 Å². The van der Waals surface area contributed by atoms with Crippen molar-refractivity contribution in [1.82, 2.24) is 0 Å². The van der Waals surface area contributed by atoms with E-state index in [1.54, 1.807) is 4.90 Å². The molecule has 0 heterocycles. The van der Waals surface area contributed by atoms with E-state index in [9.17, 15) is 0 Å². The first kappa shape index (κ1) is 13.2. The average Bonchev–Trinajstić information content (AvgIpc) is 2.28. The minimum absolute atomic E-state index is 0.917. The van der Waals surface area contributed by atoms with E-state index in [4.69, 9.17) is 0 Å². The summed E-state index contributed by atoms with van der Waals surface area (Å²) in [5.41, 5.74) is 4.21. The van der Waals surface area contributed by atoms with Gasteiger partial charge in [-0.1, -0.05) is 35.9 Å². The summed E-state index contributed by atoms with van der Waals surface area (Å²) in [4.78, 5) is 3.00. The number of aryl methyl sites for hydroxylation is 3. The van der Waals surface area contributed by atoms with E-state index in [1.165, 1.54) is 21.6 Å². The molecule has 0 aliphatic carbocycles. The second-order valence-corrected chi connectivity index (χ2v) is 8.90. The summed E-state index contributed by atoms with van der Waals surface area (Å²) in [6.45, 7) is 6.66. The van der Waals surface area contributed by atoms with Crippen LogP contribution in [-0.2, 0) is 0 Å². The smallest absolute Gasteiger partial charge is 0.000516 e. The summed E-state index contributed by atoms with van der Waals surface area (Å²) in [6.07, 6.45) is 4.79.